The van der Waals surface area contributed by atoms with Gasteiger partial charge in [-0.1, -0.05) is 19.8 Å². The summed E-state index contributed by atoms with van der Waals surface area (Å²) in [4.78, 5) is 11.8. The monoisotopic (exact) mass is 465 g/mol. The average molecular weight is 465 g/mol. The molecule has 1 aliphatic heterocycles. The van der Waals surface area contributed by atoms with Gasteiger partial charge in [0.2, 0.25) is 0 Å². The van der Waals surface area contributed by atoms with Crippen LogP contribution in [0.1, 0.15) is 51.6 Å². The summed E-state index contributed by atoms with van der Waals surface area (Å²) in [5.74, 6) is 0.929. The number of guanidine groups is 1. The maximum Gasteiger partial charge on any atom is 0.191 e. The number of hydrogen-bond donors (Lipinski definition) is 2. The Bertz CT molecular complexity index is 471. The minimum atomic E-state index is 0. The molecule has 1 fully saturated rings. The van der Waals surface area contributed by atoms with Crippen molar-refractivity contribution in [2.45, 2.75) is 52.4 Å². The molecule has 0 radical (unpaired) electrons. The predicted molar refractivity (Wildman–Crippen MR) is 116 cm³/mol. The summed E-state index contributed by atoms with van der Waals surface area (Å²) in [6, 6.07) is 0. The number of aliphatic imine (C=N–C) groups is 1. The Balaban J connectivity index is 0.00000288. The van der Waals surface area contributed by atoms with Gasteiger partial charge in [0.05, 0.1) is 5.69 Å². The summed E-state index contributed by atoms with van der Waals surface area (Å²) in [6.07, 6.45) is 7.21. The van der Waals surface area contributed by atoms with Crippen LogP contribution in [0.25, 0.3) is 0 Å². The summed E-state index contributed by atoms with van der Waals surface area (Å²) in [5.41, 5.74) is 1.19. The van der Waals surface area contributed by atoms with E-state index in [-0.39, 0.29) is 24.0 Å². The van der Waals surface area contributed by atoms with E-state index in [0.29, 0.717) is 0 Å². The number of rotatable bonds is 9. The van der Waals surface area contributed by atoms with Crippen molar-refractivity contribution in [1.29, 1.82) is 0 Å². The summed E-state index contributed by atoms with van der Waals surface area (Å²) >= 11 is 1.78. The lowest BCUT2D eigenvalue weighted by atomic mass is 10.2. The largest absolute Gasteiger partial charge is 0.357 e. The zero-order valence-electron chi connectivity index (χ0n) is 15.0. The Labute approximate surface area is 167 Å². The van der Waals surface area contributed by atoms with E-state index in [0.717, 1.165) is 32.0 Å². The van der Waals surface area contributed by atoms with Crippen LogP contribution in [0.2, 0.25) is 0 Å². The van der Waals surface area contributed by atoms with Crippen molar-refractivity contribution in [3.8, 4) is 0 Å². The summed E-state index contributed by atoms with van der Waals surface area (Å²) in [6.45, 7) is 9.33. The highest BCUT2D eigenvalue weighted by Gasteiger charge is 2.15. The lowest BCUT2D eigenvalue weighted by Crippen LogP contribution is -2.38. The fourth-order valence-corrected chi connectivity index (χ4v) is 3.58. The van der Waals surface area contributed by atoms with Crippen molar-refractivity contribution in [1.82, 2.24) is 15.6 Å². The van der Waals surface area contributed by atoms with E-state index in [1.165, 1.54) is 56.0 Å². The molecular formula is C17H32IN5S. The van der Waals surface area contributed by atoms with Crippen molar-refractivity contribution in [3.63, 3.8) is 0 Å². The molecule has 1 aromatic rings. The lowest BCUT2D eigenvalue weighted by Gasteiger charge is -2.12. The number of unbranched alkanes of at least 4 members (excludes halogenated alkanes) is 2. The molecule has 0 atom stereocenters. The second-order valence-corrected chi connectivity index (χ2v) is 6.80. The van der Waals surface area contributed by atoms with Crippen molar-refractivity contribution in [3.05, 3.63) is 11.1 Å². The van der Waals surface area contributed by atoms with Crippen LogP contribution >= 0.6 is 35.3 Å². The van der Waals surface area contributed by atoms with E-state index in [9.17, 15) is 0 Å². The molecule has 5 nitrogen and oxygen atoms in total. The SMILES string of the molecule is CCCCCN=C(NCC)NCCc1csc(N2CCCC2)n1.I. The Morgan fingerprint density at radius 3 is 2.75 bits per heavy atom. The van der Waals surface area contributed by atoms with Crippen LogP contribution in [0.15, 0.2) is 10.4 Å². The lowest BCUT2D eigenvalue weighted by molar-refractivity contribution is 0.716. The van der Waals surface area contributed by atoms with E-state index < -0.39 is 0 Å². The van der Waals surface area contributed by atoms with Gasteiger partial charge in [0.15, 0.2) is 11.1 Å². The van der Waals surface area contributed by atoms with Crippen LogP contribution in [0.3, 0.4) is 0 Å². The average Bonchev–Trinajstić information content (AvgIpc) is 3.22. The molecule has 0 unspecified atom stereocenters. The molecule has 0 spiro atoms. The topological polar surface area (TPSA) is 52.6 Å². The first-order chi connectivity index (χ1) is 11.3. The fraction of sp³-hybridized carbons (Fsp3) is 0.765. The van der Waals surface area contributed by atoms with Crippen molar-refractivity contribution >= 4 is 46.4 Å². The standard InChI is InChI=1S/C17H31N5S.HI/c1-3-5-6-10-19-16(18-4-2)20-11-9-15-14-23-17(21-15)22-12-7-8-13-22;/h14H,3-13H2,1-2H3,(H2,18,19,20);1H. The van der Waals surface area contributed by atoms with Gasteiger partial charge in [-0.15, -0.1) is 35.3 Å². The molecule has 0 amide bonds. The molecule has 0 bridgehead atoms. The van der Waals surface area contributed by atoms with Gasteiger partial charge in [-0.2, -0.15) is 0 Å². The van der Waals surface area contributed by atoms with E-state index in [1.54, 1.807) is 11.3 Å². The molecule has 7 heteroatoms. The fourth-order valence-electron chi connectivity index (χ4n) is 2.67. The second kappa shape index (κ2) is 12.7. The third-order valence-corrected chi connectivity index (χ3v) is 4.92. The quantitative estimate of drug-likeness (QED) is 0.253. The molecule has 2 N–H and O–H groups in total. The van der Waals surface area contributed by atoms with Gasteiger partial charge < -0.3 is 15.5 Å². The van der Waals surface area contributed by atoms with Crippen LogP contribution in [-0.2, 0) is 6.42 Å². The minimum Gasteiger partial charge on any atom is -0.357 e. The normalized spacial score (nSPS) is 14.6. The molecule has 1 aliphatic rings. The number of halogens is 1. The Morgan fingerprint density at radius 2 is 2.04 bits per heavy atom. The summed E-state index contributed by atoms with van der Waals surface area (Å²) in [5, 5.41) is 10.1. The van der Waals surface area contributed by atoms with Crippen LogP contribution in [-0.4, -0.2) is 43.7 Å². The minimum absolute atomic E-state index is 0. The third kappa shape index (κ3) is 7.55. The van der Waals surface area contributed by atoms with Crippen molar-refractivity contribution in [2.24, 2.45) is 4.99 Å². The molecule has 1 aromatic heterocycles. The van der Waals surface area contributed by atoms with Gasteiger partial charge in [0.1, 0.15) is 0 Å². The smallest absolute Gasteiger partial charge is 0.191 e. The Hall–Kier alpha value is -0.570. The van der Waals surface area contributed by atoms with E-state index >= 15 is 0 Å². The van der Waals surface area contributed by atoms with E-state index in [4.69, 9.17) is 4.98 Å². The first-order valence-corrected chi connectivity index (χ1v) is 9.93. The molecule has 24 heavy (non-hydrogen) atoms. The number of thiazole rings is 1. The number of anilines is 1. The third-order valence-electron chi connectivity index (χ3n) is 3.97. The molecule has 0 aliphatic carbocycles. The molecule has 2 rings (SSSR count). The molecule has 0 saturated carbocycles. The Kier molecular flexibility index (Phi) is 11.4. The Morgan fingerprint density at radius 1 is 1.25 bits per heavy atom. The number of hydrogen-bond acceptors (Lipinski definition) is 4. The molecule has 138 valence electrons. The zero-order valence-corrected chi connectivity index (χ0v) is 18.2. The van der Waals surface area contributed by atoms with Gasteiger partial charge in [-0.3, -0.25) is 4.99 Å². The molecule has 0 aromatic carbocycles. The zero-order chi connectivity index (χ0) is 16.3. The van der Waals surface area contributed by atoms with Gasteiger partial charge in [-0.05, 0) is 26.2 Å². The molecule has 2 heterocycles. The maximum absolute atomic E-state index is 4.77. The van der Waals surface area contributed by atoms with Crippen LogP contribution < -0.4 is 15.5 Å². The first kappa shape index (κ1) is 21.5. The highest BCUT2D eigenvalue weighted by molar-refractivity contribution is 14.0. The second-order valence-electron chi connectivity index (χ2n) is 5.96. The highest BCUT2D eigenvalue weighted by Crippen LogP contribution is 2.24. The van der Waals surface area contributed by atoms with Gasteiger partial charge in [-0.25, -0.2) is 4.98 Å². The van der Waals surface area contributed by atoms with Crippen LogP contribution in [0.4, 0.5) is 5.13 Å². The van der Waals surface area contributed by atoms with Gasteiger partial charge >= 0.3 is 0 Å². The van der Waals surface area contributed by atoms with Crippen LogP contribution in [0, 0.1) is 0 Å². The van der Waals surface area contributed by atoms with Crippen LogP contribution in [0.5, 0.6) is 0 Å². The van der Waals surface area contributed by atoms with Crippen molar-refractivity contribution < 1.29 is 0 Å². The first-order valence-electron chi connectivity index (χ1n) is 9.05. The number of nitrogens with one attached hydrogen (secondary N) is 2. The van der Waals surface area contributed by atoms with Crippen molar-refractivity contribution in [2.75, 3.05) is 37.6 Å². The molecule has 1 saturated heterocycles. The van der Waals surface area contributed by atoms with E-state index in [1.807, 2.05) is 0 Å². The summed E-state index contributed by atoms with van der Waals surface area (Å²) in [7, 11) is 0. The number of aromatic nitrogens is 1. The van der Waals surface area contributed by atoms with E-state index in [2.05, 4.69) is 39.8 Å². The molecular weight excluding hydrogens is 433 g/mol. The van der Waals surface area contributed by atoms with Gasteiger partial charge in [0.25, 0.3) is 0 Å². The van der Waals surface area contributed by atoms with Gasteiger partial charge in [0, 0.05) is 44.5 Å². The maximum atomic E-state index is 4.77. The summed E-state index contributed by atoms with van der Waals surface area (Å²) < 4.78 is 0. The number of nitrogens with zero attached hydrogens (tertiary/aromatic N) is 3. The predicted octanol–water partition coefficient (Wildman–Crippen LogP) is 3.65. The highest BCUT2D eigenvalue weighted by atomic mass is 127.